The van der Waals surface area contributed by atoms with Crippen molar-refractivity contribution in [1.29, 1.82) is 0 Å². The molecule has 0 atom stereocenters. The monoisotopic (exact) mass is 164 g/mol. The summed E-state index contributed by atoms with van der Waals surface area (Å²) in [6.45, 7) is 1.79. The maximum absolute atomic E-state index is 10.9. The molecule has 0 aliphatic heterocycles. The third-order valence-corrected chi connectivity index (χ3v) is 1.71. The number of aromatic amines is 1. The molecule has 2 rings (SSSR count). The molecule has 0 aliphatic rings. The molecule has 1 N–H and O–H groups in total. The van der Waals surface area contributed by atoms with Crippen molar-refractivity contribution in [2.45, 2.75) is 6.92 Å². The molecule has 0 radical (unpaired) electrons. The Hall–Kier alpha value is -1.65. The lowest BCUT2D eigenvalue weighted by atomic mass is 10.3. The molecule has 0 aliphatic carbocycles. The van der Waals surface area contributed by atoms with E-state index in [1.165, 1.54) is 0 Å². The number of aryl methyl sites for hydroxylation is 2. The molecule has 5 nitrogen and oxygen atoms in total. The second kappa shape index (κ2) is 2.17. The van der Waals surface area contributed by atoms with Crippen LogP contribution < -0.4 is 5.69 Å². The van der Waals surface area contributed by atoms with Crippen molar-refractivity contribution >= 4 is 11.0 Å². The van der Waals surface area contributed by atoms with Crippen molar-refractivity contribution in [3.05, 3.63) is 22.4 Å². The number of hydrogen-bond acceptors (Lipinski definition) is 3. The van der Waals surface area contributed by atoms with Crippen LogP contribution in [0.1, 0.15) is 5.69 Å². The molecule has 0 aromatic carbocycles. The molecule has 0 saturated heterocycles. The molecule has 0 spiro atoms. The Kier molecular flexibility index (Phi) is 1.27. The van der Waals surface area contributed by atoms with Crippen LogP contribution in [0.25, 0.3) is 11.0 Å². The summed E-state index contributed by atoms with van der Waals surface area (Å²) in [7, 11) is 1.80. The lowest BCUT2D eigenvalue weighted by Crippen LogP contribution is -2.10. The molecule has 0 saturated carbocycles. The summed E-state index contributed by atoms with van der Waals surface area (Å²) in [6, 6.07) is 0. The highest BCUT2D eigenvalue weighted by atomic mass is 16.1. The van der Waals surface area contributed by atoms with Crippen LogP contribution in [0.15, 0.2) is 11.0 Å². The zero-order valence-corrected chi connectivity index (χ0v) is 6.83. The van der Waals surface area contributed by atoms with Crippen LogP contribution in [0, 0.1) is 6.92 Å². The molecule has 0 bridgehead atoms. The molecule has 5 heteroatoms. The van der Waals surface area contributed by atoms with Gasteiger partial charge in [0.05, 0.1) is 11.1 Å². The van der Waals surface area contributed by atoms with Gasteiger partial charge in [0, 0.05) is 13.2 Å². The molecular formula is C7H8N4O. The number of H-pyrrole nitrogens is 1. The fraction of sp³-hybridized carbons (Fsp3) is 0.286. The van der Waals surface area contributed by atoms with Gasteiger partial charge in [0.15, 0.2) is 5.65 Å². The number of nitrogens with zero attached hydrogens (tertiary/aromatic N) is 3. The minimum Gasteiger partial charge on any atom is -0.288 e. The Labute approximate surface area is 68.1 Å². The van der Waals surface area contributed by atoms with Crippen LogP contribution in [0.4, 0.5) is 0 Å². The number of rotatable bonds is 0. The van der Waals surface area contributed by atoms with E-state index in [0.717, 1.165) is 5.39 Å². The molecule has 2 aromatic rings. The van der Waals surface area contributed by atoms with Gasteiger partial charge in [-0.25, -0.2) is 4.79 Å². The van der Waals surface area contributed by atoms with Gasteiger partial charge in [-0.15, -0.1) is 0 Å². The van der Waals surface area contributed by atoms with Crippen molar-refractivity contribution < 1.29 is 0 Å². The molecule has 62 valence electrons. The maximum atomic E-state index is 10.9. The van der Waals surface area contributed by atoms with Gasteiger partial charge in [-0.05, 0) is 6.92 Å². The van der Waals surface area contributed by atoms with Gasteiger partial charge in [0.25, 0.3) is 0 Å². The van der Waals surface area contributed by atoms with E-state index in [1.807, 2.05) is 6.20 Å². The molecular weight excluding hydrogens is 156 g/mol. The van der Waals surface area contributed by atoms with Gasteiger partial charge in [-0.2, -0.15) is 10.1 Å². The zero-order chi connectivity index (χ0) is 8.72. The molecule has 12 heavy (non-hydrogen) atoms. The first-order valence-corrected chi connectivity index (χ1v) is 3.57. The summed E-state index contributed by atoms with van der Waals surface area (Å²) >= 11 is 0. The fourth-order valence-corrected chi connectivity index (χ4v) is 1.19. The Morgan fingerprint density at radius 3 is 3.08 bits per heavy atom. The summed E-state index contributed by atoms with van der Waals surface area (Å²) in [5, 5.41) is 4.94. The number of fused-ring (bicyclic) bond motifs is 1. The molecule has 0 amide bonds. The number of hydrogen-bond donors (Lipinski definition) is 1. The summed E-state index contributed by atoms with van der Waals surface area (Å²) in [6.07, 6.45) is 1.83. The van der Waals surface area contributed by atoms with E-state index in [4.69, 9.17) is 0 Å². The van der Waals surface area contributed by atoms with Crippen LogP contribution in [0.3, 0.4) is 0 Å². The van der Waals surface area contributed by atoms with Crippen molar-refractivity contribution in [2.24, 2.45) is 7.05 Å². The van der Waals surface area contributed by atoms with E-state index in [2.05, 4.69) is 15.1 Å². The number of aromatic nitrogens is 4. The SMILES string of the molecule is Cc1nc(=O)[nH]c2nn(C)cc12. The third-order valence-electron chi connectivity index (χ3n) is 1.71. The Morgan fingerprint density at radius 2 is 2.33 bits per heavy atom. The van der Waals surface area contributed by atoms with Crippen molar-refractivity contribution in [1.82, 2.24) is 19.7 Å². The second-order valence-electron chi connectivity index (χ2n) is 2.69. The highest BCUT2D eigenvalue weighted by molar-refractivity contribution is 5.75. The van der Waals surface area contributed by atoms with Gasteiger partial charge in [0.1, 0.15) is 0 Å². The predicted octanol–water partition coefficient (Wildman–Crippen LogP) is -0.0350. The highest BCUT2D eigenvalue weighted by Crippen LogP contribution is 2.08. The summed E-state index contributed by atoms with van der Waals surface area (Å²) in [5.41, 5.74) is 0.954. The van der Waals surface area contributed by atoms with Gasteiger partial charge in [-0.3, -0.25) is 9.67 Å². The zero-order valence-electron chi connectivity index (χ0n) is 6.83. The molecule has 0 fully saturated rings. The van der Waals surface area contributed by atoms with Crippen molar-refractivity contribution in [3.8, 4) is 0 Å². The Morgan fingerprint density at radius 1 is 1.58 bits per heavy atom. The highest BCUT2D eigenvalue weighted by Gasteiger charge is 2.03. The summed E-state index contributed by atoms with van der Waals surface area (Å²) in [5.74, 6) is 0. The standard InChI is InChI=1S/C7H8N4O/c1-4-5-3-11(2)10-6(5)9-7(12)8-4/h3H,1-2H3,(H,9,10,12). The minimum absolute atomic E-state index is 0.348. The fourth-order valence-electron chi connectivity index (χ4n) is 1.19. The van der Waals surface area contributed by atoms with Crippen LogP contribution in [0.2, 0.25) is 0 Å². The minimum atomic E-state index is -0.348. The van der Waals surface area contributed by atoms with Gasteiger partial charge in [-0.1, -0.05) is 0 Å². The predicted molar refractivity (Wildman–Crippen MR) is 43.9 cm³/mol. The van der Waals surface area contributed by atoms with E-state index in [9.17, 15) is 4.79 Å². The summed E-state index contributed by atoms with van der Waals surface area (Å²) in [4.78, 5) is 17.2. The first kappa shape index (κ1) is 7.02. The second-order valence-corrected chi connectivity index (χ2v) is 2.69. The molecule has 2 heterocycles. The smallest absolute Gasteiger partial charge is 0.288 e. The van der Waals surface area contributed by atoms with Crippen LogP contribution in [-0.4, -0.2) is 19.7 Å². The van der Waals surface area contributed by atoms with Crippen molar-refractivity contribution in [3.63, 3.8) is 0 Å². The average molecular weight is 164 g/mol. The topological polar surface area (TPSA) is 63.6 Å². The first-order valence-electron chi connectivity index (χ1n) is 3.57. The van der Waals surface area contributed by atoms with E-state index >= 15 is 0 Å². The van der Waals surface area contributed by atoms with E-state index < -0.39 is 0 Å². The normalized spacial score (nSPS) is 10.8. The third kappa shape index (κ3) is 0.903. The van der Waals surface area contributed by atoms with Crippen LogP contribution in [0.5, 0.6) is 0 Å². The van der Waals surface area contributed by atoms with Crippen LogP contribution >= 0.6 is 0 Å². The van der Waals surface area contributed by atoms with E-state index in [-0.39, 0.29) is 5.69 Å². The quantitative estimate of drug-likeness (QED) is 0.594. The van der Waals surface area contributed by atoms with Gasteiger partial charge in [0.2, 0.25) is 0 Å². The van der Waals surface area contributed by atoms with E-state index in [1.54, 1.807) is 18.7 Å². The van der Waals surface area contributed by atoms with Crippen LogP contribution in [-0.2, 0) is 7.05 Å². The largest absolute Gasteiger partial charge is 0.346 e. The molecule has 2 aromatic heterocycles. The number of nitrogens with one attached hydrogen (secondary N) is 1. The average Bonchev–Trinajstić information content (AvgIpc) is 2.29. The lowest BCUT2D eigenvalue weighted by Gasteiger charge is -1.89. The van der Waals surface area contributed by atoms with Gasteiger partial charge < -0.3 is 0 Å². The first-order chi connectivity index (χ1) is 5.66. The maximum Gasteiger partial charge on any atom is 0.346 e. The Balaban J connectivity index is 2.97. The van der Waals surface area contributed by atoms with Crippen molar-refractivity contribution in [2.75, 3.05) is 0 Å². The molecule has 0 unspecified atom stereocenters. The lowest BCUT2D eigenvalue weighted by molar-refractivity contribution is 0.775. The Bertz CT molecular complexity index is 482. The van der Waals surface area contributed by atoms with Gasteiger partial charge >= 0.3 is 5.69 Å². The van der Waals surface area contributed by atoms with E-state index in [0.29, 0.717) is 11.3 Å². The summed E-state index contributed by atoms with van der Waals surface area (Å²) < 4.78 is 1.65.